The van der Waals surface area contributed by atoms with Gasteiger partial charge in [0.2, 0.25) is 5.91 Å². The van der Waals surface area contributed by atoms with E-state index in [-0.39, 0.29) is 5.91 Å². The summed E-state index contributed by atoms with van der Waals surface area (Å²) >= 11 is 9.43. The summed E-state index contributed by atoms with van der Waals surface area (Å²) in [7, 11) is 1.55. The first-order valence-corrected chi connectivity index (χ1v) is 8.25. The van der Waals surface area contributed by atoms with Crippen molar-refractivity contribution >= 4 is 44.8 Å². The Morgan fingerprint density at radius 3 is 2.65 bits per heavy atom. The summed E-state index contributed by atoms with van der Waals surface area (Å²) in [5, 5.41) is 6.54. The molecule has 1 amide bonds. The third kappa shape index (κ3) is 4.62. The van der Waals surface area contributed by atoms with Crippen LogP contribution in [0.4, 0.5) is 11.4 Å². The van der Waals surface area contributed by atoms with Gasteiger partial charge in [0.15, 0.2) is 0 Å². The molecule has 122 valence electrons. The molecule has 2 aromatic carbocycles. The Morgan fingerprint density at radius 2 is 2.00 bits per heavy atom. The molecule has 4 nitrogen and oxygen atoms in total. The van der Waals surface area contributed by atoms with Gasteiger partial charge in [0.25, 0.3) is 0 Å². The number of hydrogen-bond acceptors (Lipinski definition) is 3. The van der Waals surface area contributed by atoms with Gasteiger partial charge in [0.1, 0.15) is 11.8 Å². The molecule has 0 aliphatic heterocycles. The number of nitrogens with one attached hydrogen (secondary N) is 2. The highest BCUT2D eigenvalue weighted by atomic mass is 79.9. The van der Waals surface area contributed by atoms with Crippen LogP contribution in [-0.4, -0.2) is 19.1 Å². The van der Waals surface area contributed by atoms with Crippen molar-refractivity contribution in [3.8, 4) is 5.75 Å². The molecule has 23 heavy (non-hydrogen) atoms. The van der Waals surface area contributed by atoms with Crippen LogP contribution in [0.25, 0.3) is 0 Å². The monoisotopic (exact) mass is 396 g/mol. The predicted molar refractivity (Wildman–Crippen MR) is 98.6 cm³/mol. The van der Waals surface area contributed by atoms with E-state index in [1.807, 2.05) is 25.1 Å². The summed E-state index contributed by atoms with van der Waals surface area (Å²) in [5.74, 6) is 0.389. The molecule has 0 saturated carbocycles. The quantitative estimate of drug-likeness (QED) is 0.757. The summed E-state index contributed by atoms with van der Waals surface area (Å²) < 4.78 is 6.26. The number of methoxy groups -OCH3 is 1. The highest BCUT2D eigenvalue weighted by Gasteiger charge is 2.15. The van der Waals surface area contributed by atoms with E-state index in [9.17, 15) is 4.79 Å². The zero-order valence-electron chi connectivity index (χ0n) is 13.1. The zero-order valence-corrected chi connectivity index (χ0v) is 15.5. The van der Waals surface area contributed by atoms with Crippen LogP contribution in [0.2, 0.25) is 5.02 Å². The Kier molecular flexibility index (Phi) is 5.91. The molecule has 0 radical (unpaired) electrons. The lowest BCUT2D eigenvalue weighted by Crippen LogP contribution is -2.32. The van der Waals surface area contributed by atoms with E-state index in [4.69, 9.17) is 16.3 Å². The second kappa shape index (κ2) is 7.70. The lowest BCUT2D eigenvalue weighted by atomic mass is 10.2. The van der Waals surface area contributed by atoms with E-state index in [1.165, 1.54) is 0 Å². The van der Waals surface area contributed by atoms with Crippen molar-refractivity contribution in [1.29, 1.82) is 0 Å². The lowest BCUT2D eigenvalue weighted by Gasteiger charge is -2.17. The number of hydrogen-bond donors (Lipinski definition) is 2. The molecular formula is C17H18BrClN2O2. The molecule has 6 heteroatoms. The van der Waals surface area contributed by atoms with Gasteiger partial charge in [0, 0.05) is 15.2 Å². The summed E-state index contributed by atoms with van der Waals surface area (Å²) in [4.78, 5) is 12.4. The predicted octanol–water partition coefficient (Wildman–Crippen LogP) is 4.86. The van der Waals surface area contributed by atoms with Gasteiger partial charge in [0.05, 0.1) is 12.8 Å². The molecule has 0 aromatic heterocycles. The number of benzene rings is 2. The molecule has 0 saturated heterocycles. The maximum Gasteiger partial charge on any atom is 0.246 e. The van der Waals surface area contributed by atoms with Gasteiger partial charge in [-0.05, 0) is 55.8 Å². The van der Waals surface area contributed by atoms with E-state index < -0.39 is 6.04 Å². The van der Waals surface area contributed by atoms with E-state index in [2.05, 4.69) is 26.6 Å². The molecule has 2 rings (SSSR count). The zero-order chi connectivity index (χ0) is 17.0. The number of carbonyl (C=O) groups excluding carboxylic acids is 1. The molecule has 0 unspecified atom stereocenters. The van der Waals surface area contributed by atoms with Crippen molar-refractivity contribution in [2.24, 2.45) is 0 Å². The van der Waals surface area contributed by atoms with E-state index in [0.29, 0.717) is 16.5 Å². The average Bonchev–Trinajstić information content (AvgIpc) is 2.51. The fourth-order valence-corrected chi connectivity index (χ4v) is 2.49. The van der Waals surface area contributed by atoms with Crippen molar-refractivity contribution in [2.75, 3.05) is 17.7 Å². The van der Waals surface area contributed by atoms with Crippen LogP contribution in [0.5, 0.6) is 5.75 Å². The van der Waals surface area contributed by atoms with Gasteiger partial charge >= 0.3 is 0 Å². The van der Waals surface area contributed by atoms with Crippen LogP contribution in [0.15, 0.2) is 40.9 Å². The molecule has 2 N–H and O–H groups in total. The summed E-state index contributed by atoms with van der Waals surface area (Å²) in [6, 6.07) is 10.5. The van der Waals surface area contributed by atoms with Crippen LogP contribution in [0.3, 0.4) is 0 Å². The number of carbonyl (C=O) groups is 1. The molecule has 0 heterocycles. The number of rotatable bonds is 5. The minimum Gasteiger partial charge on any atom is -0.495 e. The third-order valence-electron chi connectivity index (χ3n) is 3.35. The first-order chi connectivity index (χ1) is 10.9. The largest absolute Gasteiger partial charge is 0.495 e. The van der Waals surface area contributed by atoms with Gasteiger partial charge in [-0.15, -0.1) is 0 Å². The van der Waals surface area contributed by atoms with Crippen molar-refractivity contribution in [1.82, 2.24) is 0 Å². The van der Waals surface area contributed by atoms with Crippen LogP contribution in [0, 0.1) is 6.92 Å². The maximum absolute atomic E-state index is 12.4. The molecule has 0 fully saturated rings. The van der Waals surface area contributed by atoms with E-state index >= 15 is 0 Å². The normalized spacial score (nSPS) is 11.7. The second-order valence-electron chi connectivity index (χ2n) is 5.16. The standard InChI is InChI=1S/C17H18BrClN2O2/c1-10-8-13(5-6-14(10)18)20-11(2)17(22)21-15-9-12(19)4-7-16(15)23-3/h4-9,11,20H,1-3H3,(H,21,22)/t11-/m0/s1. The number of halogens is 2. The molecular weight excluding hydrogens is 380 g/mol. The topological polar surface area (TPSA) is 50.4 Å². The first-order valence-electron chi connectivity index (χ1n) is 7.08. The minimum atomic E-state index is -0.417. The summed E-state index contributed by atoms with van der Waals surface area (Å²) in [5.41, 5.74) is 2.52. The lowest BCUT2D eigenvalue weighted by molar-refractivity contribution is -0.116. The van der Waals surface area contributed by atoms with Crippen LogP contribution in [-0.2, 0) is 4.79 Å². The highest BCUT2D eigenvalue weighted by molar-refractivity contribution is 9.10. The number of ether oxygens (including phenoxy) is 1. The first kappa shape index (κ1) is 17.6. The molecule has 0 aliphatic carbocycles. The van der Waals surface area contributed by atoms with Gasteiger partial charge in [-0.2, -0.15) is 0 Å². The Balaban J connectivity index is 2.08. The van der Waals surface area contributed by atoms with Crippen molar-refractivity contribution < 1.29 is 9.53 Å². The number of aryl methyl sites for hydroxylation is 1. The van der Waals surface area contributed by atoms with Crippen LogP contribution < -0.4 is 15.4 Å². The Labute approximate surface area is 149 Å². The van der Waals surface area contributed by atoms with Crippen molar-refractivity contribution in [2.45, 2.75) is 19.9 Å². The van der Waals surface area contributed by atoms with Crippen LogP contribution in [0.1, 0.15) is 12.5 Å². The van der Waals surface area contributed by atoms with E-state index in [0.717, 1.165) is 15.7 Å². The Bertz CT molecular complexity index is 722. The number of amides is 1. The SMILES string of the molecule is COc1ccc(Cl)cc1NC(=O)[C@H](C)Nc1ccc(Br)c(C)c1. The van der Waals surface area contributed by atoms with E-state index in [1.54, 1.807) is 32.2 Å². The Hall–Kier alpha value is -1.72. The highest BCUT2D eigenvalue weighted by Crippen LogP contribution is 2.28. The fraction of sp³-hybridized carbons (Fsp3) is 0.235. The second-order valence-corrected chi connectivity index (χ2v) is 6.45. The smallest absolute Gasteiger partial charge is 0.246 e. The number of anilines is 2. The van der Waals surface area contributed by atoms with Gasteiger partial charge < -0.3 is 15.4 Å². The third-order valence-corrected chi connectivity index (χ3v) is 4.48. The minimum absolute atomic E-state index is 0.175. The Morgan fingerprint density at radius 1 is 1.26 bits per heavy atom. The molecule has 2 aromatic rings. The van der Waals surface area contributed by atoms with Crippen molar-refractivity contribution in [3.05, 3.63) is 51.5 Å². The maximum atomic E-state index is 12.4. The van der Waals surface area contributed by atoms with Gasteiger partial charge in [-0.25, -0.2) is 0 Å². The van der Waals surface area contributed by atoms with Gasteiger partial charge in [-0.1, -0.05) is 27.5 Å². The average molecular weight is 398 g/mol. The molecule has 0 bridgehead atoms. The van der Waals surface area contributed by atoms with Crippen LogP contribution >= 0.6 is 27.5 Å². The summed E-state index contributed by atoms with van der Waals surface area (Å²) in [6.07, 6.45) is 0. The summed E-state index contributed by atoms with van der Waals surface area (Å²) in [6.45, 7) is 3.79. The molecule has 0 aliphatic rings. The van der Waals surface area contributed by atoms with Gasteiger partial charge in [-0.3, -0.25) is 4.79 Å². The fourth-order valence-electron chi connectivity index (χ4n) is 2.07. The molecule has 0 spiro atoms. The van der Waals surface area contributed by atoms with Crippen molar-refractivity contribution in [3.63, 3.8) is 0 Å². The molecule has 1 atom stereocenters.